The van der Waals surface area contributed by atoms with E-state index in [0.717, 1.165) is 12.8 Å². The lowest BCUT2D eigenvalue weighted by molar-refractivity contribution is 0.172. The van der Waals surface area contributed by atoms with Crippen LogP contribution in [0, 0.1) is 0 Å². The third-order valence-electron chi connectivity index (χ3n) is 3.81. The highest BCUT2D eigenvalue weighted by Gasteiger charge is 2.31. The van der Waals surface area contributed by atoms with Gasteiger partial charge >= 0.3 is 6.03 Å². The van der Waals surface area contributed by atoms with E-state index in [9.17, 15) is 13.2 Å². The van der Waals surface area contributed by atoms with E-state index in [1.807, 2.05) is 0 Å². The molecule has 1 aromatic rings. The Labute approximate surface area is 124 Å². The van der Waals surface area contributed by atoms with Crippen molar-refractivity contribution in [1.82, 2.24) is 14.5 Å². The summed E-state index contributed by atoms with van der Waals surface area (Å²) in [5.41, 5.74) is 0. The zero-order valence-electron chi connectivity index (χ0n) is 11.7. The second-order valence-corrected chi connectivity index (χ2v) is 7.37. The van der Waals surface area contributed by atoms with E-state index in [1.54, 1.807) is 35.2 Å². The van der Waals surface area contributed by atoms with Crippen LogP contribution in [-0.2, 0) is 10.0 Å². The zero-order chi connectivity index (χ0) is 14.9. The van der Waals surface area contributed by atoms with Gasteiger partial charge in [-0.05, 0) is 25.0 Å². The predicted molar refractivity (Wildman–Crippen MR) is 78.3 cm³/mol. The number of carbonyl (C=O) groups is 1. The predicted octanol–water partition coefficient (Wildman–Crippen LogP) is 0.865. The molecular formula is C14H19N3O3S. The minimum Gasteiger partial charge on any atom is -0.335 e. The first kappa shape index (κ1) is 14.3. The van der Waals surface area contributed by atoms with Crippen molar-refractivity contribution in [3.05, 3.63) is 30.3 Å². The Morgan fingerprint density at radius 2 is 1.67 bits per heavy atom. The van der Waals surface area contributed by atoms with Gasteiger partial charge in [0.25, 0.3) is 0 Å². The number of urea groups is 1. The van der Waals surface area contributed by atoms with Crippen LogP contribution in [0.5, 0.6) is 0 Å². The average Bonchev–Trinajstić information content (AvgIpc) is 3.32. The molecule has 0 unspecified atom stereocenters. The van der Waals surface area contributed by atoms with Gasteiger partial charge in [0.15, 0.2) is 0 Å². The van der Waals surface area contributed by atoms with Gasteiger partial charge in [-0.15, -0.1) is 0 Å². The maximum atomic E-state index is 12.5. The number of sulfonamides is 1. The number of amides is 2. The summed E-state index contributed by atoms with van der Waals surface area (Å²) in [4.78, 5) is 13.9. The fraction of sp³-hybridized carbons (Fsp3) is 0.500. The lowest BCUT2D eigenvalue weighted by Gasteiger charge is -2.34. The van der Waals surface area contributed by atoms with Crippen LogP contribution in [0.4, 0.5) is 4.79 Å². The Hall–Kier alpha value is -1.60. The van der Waals surface area contributed by atoms with Crippen LogP contribution in [0.3, 0.4) is 0 Å². The number of hydrogen-bond donors (Lipinski definition) is 1. The second kappa shape index (κ2) is 5.65. The molecule has 1 aliphatic carbocycles. The third kappa shape index (κ3) is 3.19. The van der Waals surface area contributed by atoms with Gasteiger partial charge in [-0.1, -0.05) is 18.2 Å². The van der Waals surface area contributed by atoms with Gasteiger partial charge in [0.1, 0.15) is 0 Å². The number of benzene rings is 1. The van der Waals surface area contributed by atoms with Crippen LogP contribution >= 0.6 is 0 Å². The average molecular weight is 309 g/mol. The van der Waals surface area contributed by atoms with Crippen molar-refractivity contribution in [2.75, 3.05) is 26.2 Å². The summed E-state index contributed by atoms with van der Waals surface area (Å²) in [6.45, 7) is 1.56. The SMILES string of the molecule is O=C(NC1CC1)N1CCN(S(=O)(=O)c2ccccc2)CC1. The Balaban J connectivity index is 1.61. The fourth-order valence-electron chi connectivity index (χ4n) is 2.37. The molecule has 1 aromatic carbocycles. The fourth-order valence-corrected chi connectivity index (χ4v) is 3.81. The lowest BCUT2D eigenvalue weighted by Crippen LogP contribution is -2.53. The highest BCUT2D eigenvalue weighted by molar-refractivity contribution is 7.89. The van der Waals surface area contributed by atoms with Crippen molar-refractivity contribution < 1.29 is 13.2 Å². The van der Waals surface area contributed by atoms with E-state index in [1.165, 1.54) is 4.31 Å². The summed E-state index contributed by atoms with van der Waals surface area (Å²) in [5.74, 6) is 0. The summed E-state index contributed by atoms with van der Waals surface area (Å²) >= 11 is 0. The molecule has 114 valence electrons. The number of nitrogens with one attached hydrogen (secondary N) is 1. The summed E-state index contributed by atoms with van der Waals surface area (Å²) in [7, 11) is -3.45. The second-order valence-electron chi connectivity index (χ2n) is 5.43. The van der Waals surface area contributed by atoms with E-state index < -0.39 is 10.0 Å². The summed E-state index contributed by atoms with van der Waals surface area (Å²) in [6.07, 6.45) is 2.10. The molecule has 0 atom stereocenters. The van der Waals surface area contributed by atoms with Crippen LogP contribution in [-0.4, -0.2) is 55.9 Å². The smallest absolute Gasteiger partial charge is 0.317 e. The Kier molecular flexibility index (Phi) is 3.86. The van der Waals surface area contributed by atoms with E-state index in [0.29, 0.717) is 37.1 Å². The van der Waals surface area contributed by atoms with Crippen molar-refractivity contribution in [2.24, 2.45) is 0 Å². The molecule has 1 N–H and O–H groups in total. The molecule has 2 amide bonds. The minimum atomic E-state index is -3.45. The van der Waals surface area contributed by atoms with Crippen molar-refractivity contribution in [3.8, 4) is 0 Å². The van der Waals surface area contributed by atoms with Gasteiger partial charge in [-0.3, -0.25) is 0 Å². The van der Waals surface area contributed by atoms with Crippen LogP contribution in [0.1, 0.15) is 12.8 Å². The maximum Gasteiger partial charge on any atom is 0.317 e. The highest BCUT2D eigenvalue weighted by Crippen LogP contribution is 2.20. The highest BCUT2D eigenvalue weighted by atomic mass is 32.2. The molecule has 3 rings (SSSR count). The number of nitrogens with zero attached hydrogens (tertiary/aromatic N) is 2. The van der Waals surface area contributed by atoms with E-state index in [-0.39, 0.29) is 6.03 Å². The molecule has 2 aliphatic rings. The van der Waals surface area contributed by atoms with E-state index >= 15 is 0 Å². The minimum absolute atomic E-state index is 0.0748. The first-order chi connectivity index (χ1) is 10.1. The molecule has 1 aliphatic heterocycles. The molecule has 21 heavy (non-hydrogen) atoms. The van der Waals surface area contributed by atoms with Gasteiger partial charge < -0.3 is 10.2 Å². The molecule has 1 saturated carbocycles. The van der Waals surface area contributed by atoms with Gasteiger partial charge in [-0.25, -0.2) is 13.2 Å². The quantitative estimate of drug-likeness (QED) is 0.900. The monoisotopic (exact) mass is 309 g/mol. The van der Waals surface area contributed by atoms with E-state index in [4.69, 9.17) is 0 Å². The van der Waals surface area contributed by atoms with Gasteiger partial charge in [0.2, 0.25) is 10.0 Å². The third-order valence-corrected chi connectivity index (χ3v) is 5.72. The van der Waals surface area contributed by atoms with Crippen LogP contribution in [0.25, 0.3) is 0 Å². The number of hydrogen-bond acceptors (Lipinski definition) is 3. The molecule has 0 aromatic heterocycles. The number of rotatable bonds is 3. The van der Waals surface area contributed by atoms with Gasteiger partial charge in [0, 0.05) is 32.2 Å². The normalized spacial score (nSPS) is 20.3. The largest absolute Gasteiger partial charge is 0.335 e. The van der Waals surface area contributed by atoms with Crippen molar-refractivity contribution in [1.29, 1.82) is 0 Å². The van der Waals surface area contributed by atoms with Crippen LogP contribution in [0.15, 0.2) is 35.2 Å². The molecular weight excluding hydrogens is 290 g/mol. The molecule has 0 radical (unpaired) electrons. The van der Waals surface area contributed by atoms with Crippen molar-refractivity contribution in [3.63, 3.8) is 0 Å². The molecule has 6 nitrogen and oxygen atoms in total. The Morgan fingerprint density at radius 1 is 1.05 bits per heavy atom. The van der Waals surface area contributed by atoms with Crippen molar-refractivity contribution in [2.45, 2.75) is 23.8 Å². The van der Waals surface area contributed by atoms with Crippen LogP contribution < -0.4 is 5.32 Å². The molecule has 2 fully saturated rings. The standard InChI is InChI=1S/C14H19N3O3S/c18-14(15-12-6-7-12)16-8-10-17(11-9-16)21(19,20)13-4-2-1-3-5-13/h1-5,12H,6-11H2,(H,15,18). The molecule has 7 heteroatoms. The first-order valence-electron chi connectivity index (χ1n) is 7.18. The van der Waals surface area contributed by atoms with Crippen LogP contribution in [0.2, 0.25) is 0 Å². The lowest BCUT2D eigenvalue weighted by atomic mass is 10.4. The topological polar surface area (TPSA) is 69.7 Å². The first-order valence-corrected chi connectivity index (χ1v) is 8.62. The summed E-state index contributed by atoms with van der Waals surface area (Å²) < 4.78 is 26.4. The molecule has 1 heterocycles. The van der Waals surface area contributed by atoms with Gasteiger partial charge in [0.05, 0.1) is 4.90 Å². The Morgan fingerprint density at radius 3 is 2.24 bits per heavy atom. The summed E-state index contributed by atoms with van der Waals surface area (Å²) in [6, 6.07) is 8.67. The molecule has 0 spiro atoms. The number of piperazine rings is 1. The molecule has 0 bridgehead atoms. The zero-order valence-corrected chi connectivity index (χ0v) is 12.6. The maximum absolute atomic E-state index is 12.5. The number of carbonyl (C=O) groups excluding carboxylic acids is 1. The Bertz CT molecular complexity index is 606. The molecule has 1 saturated heterocycles. The van der Waals surface area contributed by atoms with Gasteiger partial charge in [-0.2, -0.15) is 4.31 Å². The van der Waals surface area contributed by atoms with Crippen molar-refractivity contribution >= 4 is 16.1 Å². The van der Waals surface area contributed by atoms with E-state index in [2.05, 4.69) is 5.32 Å². The summed E-state index contributed by atoms with van der Waals surface area (Å²) in [5, 5.41) is 2.93.